The van der Waals surface area contributed by atoms with Crippen LogP contribution >= 0.6 is 11.3 Å². The number of halogens is 1. The van der Waals surface area contributed by atoms with Crippen LogP contribution in [0.1, 0.15) is 41.5 Å². The van der Waals surface area contributed by atoms with Crippen molar-refractivity contribution in [2.24, 2.45) is 0 Å². The maximum absolute atomic E-state index is 14.3. The van der Waals surface area contributed by atoms with Crippen LogP contribution in [0.25, 0.3) is 21.8 Å². The Morgan fingerprint density at radius 1 is 1.11 bits per heavy atom. The fourth-order valence-electron chi connectivity index (χ4n) is 5.60. The zero-order chi connectivity index (χ0) is 27.1. The second kappa shape index (κ2) is 10.4. The van der Waals surface area contributed by atoms with Crippen molar-refractivity contribution in [3.8, 4) is 27.6 Å². The van der Waals surface area contributed by atoms with E-state index in [0.29, 0.717) is 36.2 Å². The van der Waals surface area contributed by atoms with Gasteiger partial charge in [0.2, 0.25) is 0 Å². The molecule has 1 aliphatic heterocycles. The summed E-state index contributed by atoms with van der Waals surface area (Å²) in [4.78, 5) is 21.0. The lowest BCUT2D eigenvalue weighted by atomic mass is 9.88. The first-order chi connectivity index (χ1) is 18.2. The molecule has 2 aromatic carbocycles. The van der Waals surface area contributed by atoms with E-state index < -0.39 is 11.6 Å². The van der Waals surface area contributed by atoms with Crippen molar-refractivity contribution in [3.05, 3.63) is 92.5 Å². The van der Waals surface area contributed by atoms with Gasteiger partial charge in [-0.15, -0.1) is 11.3 Å². The van der Waals surface area contributed by atoms with E-state index in [0.717, 1.165) is 10.4 Å². The fraction of sp³-hybridized carbons (Fsp3) is 0.333. The van der Waals surface area contributed by atoms with Crippen molar-refractivity contribution >= 4 is 11.3 Å². The van der Waals surface area contributed by atoms with E-state index in [4.69, 9.17) is 4.98 Å². The molecule has 2 aromatic heterocycles. The number of nitrogens with zero attached hydrogens (tertiary/aromatic N) is 3. The van der Waals surface area contributed by atoms with E-state index in [1.807, 2.05) is 37.3 Å². The van der Waals surface area contributed by atoms with Crippen LogP contribution in [-0.2, 0) is 13.0 Å². The van der Waals surface area contributed by atoms with Gasteiger partial charge in [-0.1, -0.05) is 36.4 Å². The molecular formula is C30H33FN4O2S. The molecule has 5 rings (SSSR count). The van der Waals surface area contributed by atoms with Gasteiger partial charge in [-0.05, 0) is 63.4 Å². The summed E-state index contributed by atoms with van der Waals surface area (Å²) in [6.07, 6.45) is 0.595. The molecule has 1 aliphatic rings. The third-order valence-corrected chi connectivity index (χ3v) is 8.77. The molecule has 1 saturated heterocycles. The van der Waals surface area contributed by atoms with Crippen LogP contribution in [0.3, 0.4) is 0 Å². The van der Waals surface area contributed by atoms with Gasteiger partial charge in [-0.25, -0.2) is 14.4 Å². The first-order valence-corrected chi connectivity index (χ1v) is 13.7. The Hall–Kier alpha value is -3.33. The number of thiophene rings is 1. The van der Waals surface area contributed by atoms with Gasteiger partial charge in [0.05, 0.1) is 16.8 Å². The van der Waals surface area contributed by atoms with Crippen LogP contribution in [0.5, 0.6) is 5.75 Å². The summed E-state index contributed by atoms with van der Waals surface area (Å²) in [6.45, 7) is 8.66. The lowest BCUT2D eigenvalue weighted by Gasteiger charge is -2.20. The molecule has 0 spiro atoms. The topological polar surface area (TPSA) is 70.4 Å². The predicted molar refractivity (Wildman–Crippen MR) is 151 cm³/mol. The quantitative estimate of drug-likeness (QED) is 0.336. The summed E-state index contributed by atoms with van der Waals surface area (Å²) in [6, 6.07) is 16.9. The molecule has 8 heteroatoms. The maximum atomic E-state index is 14.3. The zero-order valence-corrected chi connectivity index (χ0v) is 23.1. The van der Waals surface area contributed by atoms with Gasteiger partial charge in [0.15, 0.2) is 11.6 Å². The third-order valence-electron chi connectivity index (χ3n) is 7.68. The van der Waals surface area contributed by atoms with Crippen LogP contribution in [0.2, 0.25) is 0 Å². The number of aromatic nitrogens is 2. The van der Waals surface area contributed by atoms with Gasteiger partial charge in [0.1, 0.15) is 5.82 Å². The van der Waals surface area contributed by atoms with Gasteiger partial charge < -0.3 is 5.11 Å². The highest BCUT2D eigenvalue weighted by Crippen LogP contribution is 2.40. The molecule has 0 radical (unpaired) electrons. The average Bonchev–Trinajstić information content (AvgIpc) is 3.37. The summed E-state index contributed by atoms with van der Waals surface area (Å²) < 4.78 is 15.9. The molecule has 4 aromatic rings. The monoisotopic (exact) mass is 532 g/mol. The van der Waals surface area contributed by atoms with Crippen molar-refractivity contribution in [3.63, 3.8) is 0 Å². The van der Waals surface area contributed by atoms with Crippen molar-refractivity contribution < 1.29 is 9.50 Å². The number of para-hydroxylation sites is 1. The number of hydrogen-bond acceptors (Lipinski definition) is 6. The molecule has 3 heterocycles. The minimum absolute atomic E-state index is 0.192. The lowest BCUT2D eigenvalue weighted by molar-refractivity contribution is 0.238. The van der Waals surface area contributed by atoms with Gasteiger partial charge in [0, 0.05) is 41.3 Å². The lowest BCUT2D eigenvalue weighted by Crippen LogP contribution is -2.33. The average molecular weight is 533 g/mol. The number of phenols is 1. The molecule has 0 saturated carbocycles. The maximum Gasteiger partial charge on any atom is 0.262 e. The number of aromatic hydroxyl groups is 1. The molecule has 3 unspecified atom stereocenters. The Labute approximate surface area is 226 Å². The number of hydrazine groups is 1. The Morgan fingerprint density at radius 2 is 1.84 bits per heavy atom. The van der Waals surface area contributed by atoms with Crippen molar-refractivity contribution in [1.29, 1.82) is 0 Å². The number of phenolic OH excluding ortho intramolecular Hbond substituents is 1. The Bertz CT molecular complexity index is 1530. The van der Waals surface area contributed by atoms with E-state index in [2.05, 4.69) is 44.3 Å². The van der Waals surface area contributed by atoms with Crippen molar-refractivity contribution in [2.45, 2.75) is 58.7 Å². The molecule has 198 valence electrons. The van der Waals surface area contributed by atoms with E-state index in [1.54, 1.807) is 22.0 Å². The van der Waals surface area contributed by atoms with Crippen LogP contribution in [0, 0.1) is 19.7 Å². The Kier molecular flexibility index (Phi) is 7.22. The second-order valence-electron chi connectivity index (χ2n) is 10.1. The largest absolute Gasteiger partial charge is 0.504 e. The van der Waals surface area contributed by atoms with Crippen molar-refractivity contribution in [2.75, 3.05) is 7.05 Å². The highest BCUT2D eigenvalue weighted by molar-refractivity contribution is 7.15. The first-order valence-electron chi connectivity index (χ1n) is 12.9. The van der Waals surface area contributed by atoms with Crippen LogP contribution in [-0.4, -0.2) is 38.8 Å². The summed E-state index contributed by atoms with van der Waals surface area (Å²) in [7, 11) is 2.06. The highest BCUT2D eigenvalue weighted by atomic mass is 32.1. The standard InChI is InChI=1S/C30H33FN4O2S/c1-17-27(25-16-23(20(4)38-25)26-18(2)33-34(5)19(26)3)30(37)35(15-14-21-10-7-6-8-11-21)29(32-17)22-12-9-13-24(31)28(22)36/h6-13,16,18-19,26,33,36H,14-15H2,1-5H3. The number of likely N-dealkylation sites (N-methyl/N-ethyl adjacent to an activating group) is 1. The zero-order valence-electron chi connectivity index (χ0n) is 22.3. The van der Waals surface area contributed by atoms with Gasteiger partial charge in [0.25, 0.3) is 5.56 Å². The smallest absolute Gasteiger partial charge is 0.262 e. The highest BCUT2D eigenvalue weighted by Gasteiger charge is 2.37. The van der Waals surface area contributed by atoms with Gasteiger partial charge in [-0.3, -0.25) is 14.8 Å². The van der Waals surface area contributed by atoms with Crippen LogP contribution in [0.4, 0.5) is 4.39 Å². The van der Waals surface area contributed by atoms with Gasteiger partial charge in [-0.2, -0.15) is 0 Å². The van der Waals surface area contributed by atoms with E-state index in [-0.39, 0.29) is 23.0 Å². The fourth-order valence-corrected chi connectivity index (χ4v) is 6.76. The minimum Gasteiger partial charge on any atom is -0.504 e. The normalized spacial score (nSPS) is 19.8. The molecule has 0 bridgehead atoms. The van der Waals surface area contributed by atoms with Gasteiger partial charge >= 0.3 is 0 Å². The molecule has 0 amide bonds. The number of rotatable bonds is 6. The molecule has 0 aliphatic carbocycles. The number of benzene rings is 2. The molecule has 1 fully saturated rings. The molecule has 2 N–H and O–H groups in total. The predicted octanol–water partition coefficient (Wildman–Crippen LogP) is 5.65. The molecule has 3 atom stereocenters. The van der Waals surface area contributed by atoms with Crippen LogP contribution in [0.15, 0.2) is 59.4 Å². The van der Waals surface area contributed by atoms with E-state index in [9.17, 15) is 14.3 Å². The van der Waals surface area contributed by atoms with Crippen LogP contribution < -0.4 is 11.0 Å². The molecular weight excluding hydrogens is 499 g/mol. The summed E-state index contributed by atoms with van der Waals surface area (Å²) in [5, 5.41) is 12.7. The second-order valence-corrected chi connectivity index (χ2v) is 11.4. The Balaban J connectivity index is 1.64. The number of aryl methyl sites for hydroxylation is 3. The number of hydrogen-bond donors (Lipinski definition) is 2. The summed E-state index contributed by atoms with van der Waals surface area (Å²) >= 11 is 1.61. The minimum atomic E-state index is -0.745. The SMILES string of the molecule is Cc1nc(-c2cccc(F)c2O)n(CCc2ccccc2)c(=O)c1-c1cc(C2C(C)NN(C)C2C)c(C)s1. The van der Waals surface area contributed by atoms with E-state index >= 15 is 0 Å². The van der Waals surface area contributed by atoms with Crippen molar-refractivity contribution in [1.82, 2.24) is 20.0 Å². The summed E-state index contributed by atoms with van der Waals surface area (Å²) in [5.74, 6) is -0.691. The first kappa shape index (κ1) is 26.3. The summed E-state index contributed by atoms with van der Waals surface area (Å²) in [5.41, 5.74) is 6.93. The molecule has 6 nitrogen and oxygen atoms in total. The van der Waals surface area contributed by atoms with E-state index in [1.165, 1.54) is 22.6 Å². The molecule has 38 heavy (non-hydrogen) atoms. The number of nitrogens with one attached hydrogen (secondary N) is 1. The third kappa shape index (κ3) is 4.68. The Morgan fingerprint density at radius 3 is 2.53 bits per heavy atom.